The molecule has 0 spiro atoms. The third-order valence-corrected chi connectivity index (χ3v) is 3.32. The first-order valence-corrected chi connectivity index (χ1v) is 6.20. The predicted octanol–water partition coefficient (Wildman–Crippen LogP) is -0.653. The van der Waals surface area contributed by atoms with Gasteiger partial charge in [0, 0.05) is 20.3 Å². The van der Waals surface area contributed by atoms with Crippen molar-refractivity contribution in [3.63, 3.8) is 0 Å². The van der Waals surface area contributed by atoms with Crippen LogP contribution in [0.5, 0.6) is 0 Å². The summed E-state index contributed by atoms with van der Waals surface area (Å²) in [5.74, 6) is 0. The van der Waals surface area contributed by atoms with E-state index in [1.165, 1.54) is 18.7 Å². The molecule has 0 bridgehead atoms. The summed E-state index contributed by atoms with van der Waals surface area (Å²) in [5.41, 5.74) is 0.224. The van der Waals surface area contributed by atoms with Gasteiger partial charge < -0.3 is 4.84 Å². The van der Waals surface area contributed by atoms with Crippen molar-refractivity contribution in [3.05, 3.63) is 50.7 Å². The highest BCUT2D eigenvalue weighted by Crippen LogP contribution is 2.03. The zero-order valence-electron chi connectivity index (χ0n) is 11.8. The molecule has 0 fully saturated rings. The lowest BCUT2D eigenvalue weighted by atomic mass is 10.3. The summed E-state index contributed by atoms with van der Waals surface area (Å²) in [6.45, 7) is 0. The second-order valence-corrected chi connectivity index (χ2v) is 4.54. The minimum absolute atomic E-state index is 0.227. The first-order valence-electron chi connectivity index (χ1n) is 6.20. The van der Waals surface area contributed by atoms with Crippen molar-refractivity contribution >= 4 is 16.7 Å². The molecule has 0 aromatic carbocycles. The van der Waals surface area contributed by atoms with Crippen LogP contribution < -0.4 is 16.7 Å². The van der Waals surface area contributed by atoms with Gasteiger partial charge in [-0.15, -0.1) is 0 Å². The summed E-state index contributed by atoms with van der Waals surface area (Å²) >= 11 is 0. The highest BCUT2D eigenvalue weighted by molar-refractivity contribution is 5.74. The number of nitrogens with zero attached hydrogens (tertiary/aromatic N) is 5. The second-order valence-electron chi connectivity index (χ2n) is 4.54. The molecule has 8 heteroatoms. The molecule has 0 atom stereocenters. The zero-order valence-corrected chi connectivity index (χ0v) is 11.8. The minimum Gasteiger partial charge on any atom is -0.397 e. The molecule has 0 aliphatic carbocycles. The van der Waals surface area contributed by atoms with Crippen LogP contribution in [0.1, 0.15) is 0 Å². The van der Waals surface area contributed by atoms with Crippen molar-refractivity contribution in [3.8, 4) is 0 Å². The topological polar surface area (TPSA) is 82.9 Å². The van der Waals surface area contributed by atoms with Crippen molar-refractivity contribution in [2.45, 2.75) is 0 Å². The van der Waals surface area contributed by atoms with E-state index in [4.69, 9.17) is 4.84 Å². The fourth-order valence-electron chi connectivity index (χ4n) is 2.27. The van der Waals surface area contributed by atoms with E-state index in [0.717, 1.165) is 4.57 Å². The van der Waals surface area contributed by atoms with E-state index >= 15 is 0 Å². The van der Waals surface area contributed by atoms with E-state index in [1.807, 2.05) is 6.07 Å². The van der Waals surface area contributed by atoms with Gasteiger partial charge in [-0.25, -0.2) is 9.78 Å². The van der Waals surface area contributed by atoms with Gasteiger partial charge in [-0.1, -0.05) is 11.2 Å². The Morgan fingerprint density at radius 1 is 1.19 bits per heavy atom. The lowest BCUT2D eigenvalue weighted by molar-refractivity contribution is 0.198. The van der Waals surface area contributed by atoms with Crippen LogP contribution in [-0.4, -0.2) is 25.6 Å². The maximum absolute atomic E-state index is 12.4. The normalized spacial score (nSPS) is 12.2. The number of pyridine rings is 1. The van der Waals surface area contributed by atoms with Crippen molar-refractivity contribution in [2.24, 2.45) is 19.3 Å². The molecule has 0 aliphatic heterocycles. The maximum atomic E-state index is 12.4. The van der Waals surface area contributed by atoms with E-state index in [0.29, 0.717) is 11.1 Å². The van der Waals surface area contributed by atoms with Gasteiger partial charge in [0.25, 0.3) is 5.56 Å². The Balaban J connectivity index is 2.79. The fraction of sp³-hybridized carbons (Fsp3) is 0.231. The van der Waals surface area contributed by atoms with E-state index in [1.54, 1.807) is 29.8 Å². The number of aryl methyl sites for hydroxylation is 1. The number of fused-ring (bicyclic) bond motifs is 2. The van der Waals surface area contributed by atoms with E-state index in [2.05, 4.69) is 10.1 Å². The summed E-state index contributed by atoms with van der Waals surface area (Å²) < 4.78 is 3.98. The highest BCUT2D eigenvalue weighted by atomic mass is 16.6. The average Bonchev–Trinajstić information content (AvgIpc) is 2.50. The third kappa shape index (κ3) is 1.76. The first kappa shape index (κ1) is 13.1. The van der Waals surface area contributed by atoms with Gasteiger partial charge in [-0.05, 0) is 12.1 Å². The molecule has 0 unspecified atom stereocenters. The van der Waals surface area contributed by atoms with Crippen LogP contribution >= 0.6 is 0 Å². The van der Waals surface area contributed by atoms with Crippen LogP contribution in [0.15, 0.2) is 39.1 Å². The molecule has 0 radical (unpaired) electrons. The molecule has 108 valence electrons. The Morgan fingerprint density at radius 2 is 1.95 bits per heavy atom. The maximum Gasteiger partial charge on any atom is 0.332 e. The molecule has 8 nitrogen and oxygen atoms in total. The lowest BCUT2D eigenvalue weighted by Gasteiger charge is -2.09. The van der Waals surface area contributed by atoms with Gasteiger partial charge in [0.2, 0.25) is 0 Å². The minimum atomic E-state index is -0.463. The molecule has 0 saturated carbocycles. The summed E-state index contributed by atoms with van der Waals surface area (Å²) in [4.78, 5) is 33.7. The standard InChI is InChI=1S/C13H13N5O3/c1-16-10-9(12(19)17(2)13(16)20)11(15-21-3)18-7-5-4-6-8(18)14-10/h4-7H,1-3H3/b15-11-. The summed E-state index contributed by atoms with van der Waals surface area (Å²) in [7, 11) is 4.38. The molecular formula is C13H13N5O3. The Kier molecular flexibility index (Phi) is 2.86. The number of hydrogen-bond donors (Lipinski definition) is 0. The van der Waals surface area contributed by atoms with Gasteiger partial charge >= 0.3 is 5.69 Å². The van der Waals surface area contributed by atoms with Gasteiger partial charge in [-0.2, -0.15) is 0 Å². The molecule has 0 N–H and O–H groups in total. The number of rotatable bonds is 1. The zero-order chi connectivity index (χ0) is 15.1. The monoisotopic (exact) mass is 287 g/mol. The summed E-state index contributed by atoms with van der Waals surface area (Å²) in [6.07, 6.45) is 1.73. The summed E-state index contributed by atoms with van der Waals surface area (Å²) in [5, 5.41) is 4.16. The third-order valence-electron chi connectivity index (χ3n) is 3.32. The van der Waals surface area contributed by atoms with Crippen LogP contribution in [0.4, 0.5) is 0 Å². The van der Waals surface area contributed by atoms with E-state index in [9.17, 15) is 9.59 Å². The Bertz CT molecular complexity index is 1040. The second kappa shape index (κ2) is 4.58. The van der Waals surface area contributed by atoms with Crippen LogP contribution in [0.25, 0.3) is 16.7 Å². The quantitative estimate of drug-likeness (QED) is 0.440. The van der Waals surface area contributed by atoms with Crippen molar-refractivity contribution in [1.82, 2.24) is 18.5 Å². The molecule has 0 amide bonds. The Labute approximate surface area is 118 Å². The molecule has 0 saturated heterocycles. The van der Waals surface area contributed by atoms with E-state index in [-0.39, 0.29) is 11.0 Å². The number of hydrogen-bond acceptors (Lipinski definition) is 5. The van der Waals surface area contributed by atoms with Gasteiger partial charge in [0.1, 0.15) is 18.1 Å². The predicted molar refractivity (Wildman–Crippen MR) is 75.8 cm³/mol. The van der Waals surface area contributed by atoms with E-state index < -0.39 is 11.2 Å². The Hall–Kier alpha value is -2.90. The van der Waals surface area contributed by atoms with Crippen molar-refractivity contribution < 1.29 is 4.84 Å². The highest BCUT2D eigenvalue weighted by Gasteiger charge is 2.14. The molecule has 21 heavy (non-hydrogen) atoms. The SMILES string of the molecule is CO/N=c1/c2c(=O)n(C)c(=O)n(C)c2nc2ccccn12. The molecule has 3 aromatic heterocycles. The number of aromatic nitrogens is 4. The lowest BCUT2D eigenvalue weighted by Crippen LogP contribution is -2.40. The van der Waals surface area contributed by atoms with Crippen LogP contribution in [0.3, 0.4) is 0 Å². The largest absolute Gasteiger partial charge is 0.397 e. The molecule has 0 aliphatic rings. The fourth-order valence-corrected chi connectivity index (χ4v) is 2.27. The van der Waals surface area contributed by atoms with Gasteiger partial charge in [0.15, 0.2) is 11.1 Å². The molecule has 3 rings (SSSR count). The average molecular weight is 287 g/mol. The summed E-state index contributed by atoms with van der Waals surface area (Å²) in [6, 6.07) is 5.36. The van der Waals surface area contributed by atoms with Crippen LogP contribution in [0, 0.1) is 0 Å². The van der Waals surface area contributed by atoms with Crippen molar-refractivity contribution in [2.75, 3.05) is 7.11 Å². The molecule has 3 aromatic rings. The molecular weight excluding hydrogens is 274 g/mol. The van der Waals surface area contributed by atoms with Crippen LogP contribution in [-0.2, 0) is 18.9 Å². The smallest absolute Gasteiger partial charge is 0.332 e. The Morgan fingerprint density at radius 3 is 2.67 bits per heavy atom. The van der Waals surface area contributed by atoms with Crippen molar-refractivity contribution in [1.29, 1.82) is 0 Å². The van der Waals surface area contributed by atoms with Crippen LogP contribution in [0.2, 0.25) is 0 Å². The van der Waals surface area contributed by atoms with Gasteiger partial charge in [-0.3, -0.25) is 18.3 Å². The molecule has 3 heterocycles. The first-order chi connectivity index (χ1) is 10.1. The van der Waals surface area contributed by atoms with Gasteiger partial charge in [0.05, 0.1) is 0 Å².